The number of aromatic nitrogens is 2. The molecule has 1 spiro atoms. The minimum atomic E-state index is -0.521. The largest absolute Gasteiger partial charge is 0.309 e. The molecule has 2 nitrogen and oxygen atoms in total. The van der Waals surface area contributed by atoms with Gasteiger partial charge in [-0.25, -0.2) is 0 Å². The van der Waals surface area contributed by atoms with E-state index < -0.39 is 5.41 Å². The second-order valence-corrected chi connectivity index (χ2v) is 16.7. The molecule has 0 amide bonds. The molecule has 2 aliphatic rings. The molecular weight excluding hydrogens is 721 g/mol. The highest BCUT2D eigenvalue weighted by molar-refractivity contribution is 7.99. The Morgan fingerprint density at radius 1 is 0.328 bits per heavy atom. The van der Waals surface area contributed by atoms with Gasteiger partial charge < -0.3 is 9.13 Å². The van der Waals surface area contributed by atoms with E-state index in [9.17, 15) is 0 Å². The third kappa shape index (κ3) is 4.23. The fourth-order valence-corrected chi connectivity index (χ4v) is 11.6. The summed E-state index contributed by atoms with van der Waals surface area (Å²) in [4.78, 5) is 2.60. The average Bonchev–Trinajstić information content (AvgIpc) is 3.81. The lowest BCUT2D eigenvalue weighted by atomic mass is 9.62. The fraction of sp³-hybridized carbons (Fsp3) is 0.0182. The Morgan fingerprint density at radius 2 is 0.879 bits per heavy atom. The first-order valence-corrected chi connectivity index (χ1v) is 20.8. The molecule has 0 N–H and O–H groups in total. The molecule has 1 unspecified atom stereocenters. The molecule has 13 rings (SSSR count). The smallest absolute Gasteiger partial charge is 0.0764 e. The molecule has 4 heterocycles. The van der Waals surface area contributed by atoms with Crippen LogP contribution in [0, 0.1) is 0 Å². The van der Waals surface area contributed by atoms with Crippen molar-refractivity contribution in [1.29, 1.82) is 0 Å². The highest BCUT2D eigenvalue weighted by atomic mass is 32.2. The lowest BCUT2D eigenvalue weighted by Gasteiger charge is -2.45. The molecule has 11 aromatic rings. The Morgan fingerprint density at radius 3 is 1.64 bits per heavy atom. The van der Waals surface area contributed by atoms with E-state index in [1.165, 1.54) is 104 Å². The molecule has 0 aliphatic carbocycles. The van der Waals surface area contributed by atoms with Crippen LogP contribution in [0.15, 0.2) is 216 Å². The monoisotopic (exact) mass is 754 g/mol. The second kappa shape index (κ2) is 12.0. The lowest BCUT2D eigenvalue weighted by molar-refractivity contribution is 0.691. The van der Waals surface area contributed by atoms with Crippen molar-refractivity contribution in [1.82, 2.24) is 9.13 Å². The summed E-state index contributed by atoms with van der Waals surface area (Å²) >= 11 is 1.91. The zero-order chi connectivity index (χ0) is 38.0. The summed E-state index contributed by atoms with van der Waals surface area (Å²) in [6.07, 6.45) is 0. The first-order valence-electron chi connectivity index (χ1n) is 20.0. The summed E-state index contributed by atoms with van der Waals surface area (Å²) < 4.78 is 4.99. The van der Waals surface area contributed by atoms with Gasteiger partial charge in [-0.05, 0) is 93.0 Å². The maximum Gasteiger partial charge on any atom is 0.0764 e. The number of hydrogen-bond acceptors (Lipinski definition) is 1. The average molecular weight is 755 g/mol. The third-order valence-electron chi connectivity index (χ3n) is 12.8. The van der Waals surface area contributed by atoms with Gasteiger partial charge in [-0.3, -0.25) is 0 Å². The summed E-state index contributed by atoms with van der Waals surface area (Å²) in [5.74, 6) is 0. The molecule has 58 heavy (non-hydrogen) atoms. The van der Waals surface area contributed by atoms with E-state index in [4.69, 9.17) is 0 Å². The second-order valence-electron chi connectivity index (χ2n) is 15.6. The molecule has 9 aromatic carbocycles. The van der Waals surface area contributed by atoms with Gasteiger partial charge in [-0.1, -0.05) is 169 Å². The van der Waals surface area contributed by atoms with Crippen molar-refractivity contribution in [2.45, 2.75) is 15.2 Å². The summed E-state index contributed by atoms with van der Waals surface area (Å²) in [5, 5.41) is 5.12. The van der Waals surface area contributed by atoms with Crippen LogP contribution in [0.1, 0.15) is 22.3 Å². The van der Waals surface area contributed by atoms with Gasteiger partial charge in [0, 0.05) is 37.0 Å². The summed E-state index contributed by atoms with van der Waals surface area (Å²) in [6, 6.07) is 76.7. The molecule has 0 saturated carbocycles. The van der Waals surface area contributed by atoms with Crippen molar-refractivity contribution in [3.05, 3.63) is 229 Å². The van der Waals surface area contributed by atoms with Gasteiger partial charge >= 0.3 is 0 Å². The van der Waals surface area contributed by atoms with Crippen LogP contribution in [0.3, 0.4) is 0 Å². The van der Waals surface area contributed by atoms with E-state index in [2.05, 4.69) is 215 Å². The standard InChI is InChI=1S/C55H34N2S/c1-2-13-35(14-3-1)36-25-27-37(28-26-36)38-29-31-39(32-30-38)56-48-21-8-5-16-41(48)43-33-47-53(34-51(43)56)58-52-24-11-7-19-45(52)55(47)44-18-6-10-23-50(44)57-49-22-9-4-15-40(49)42-17-12-20-46(55)54(42)57/h1-34H. The topological polar surface area (TPSA) is 9.86 Å². The fourth-order valence-electron chi connectivity index (χ4n) is 10.4. The zero-order valence-corrected chi connectivity index (χ0v) is 32.2. The highest BCUT2D eigenvalue weighted by Crippen LogP contribution is 2.61. The predicted octanol–water partition coefficient (Wildman–Crippen LogP) is 14.4. The van der Waals surface area contributed by atoms with Crippen molar-refractivity contribution >= 4 is 55.4 Å². The number of benzene rings is 9. The van der Waals surface area contributed by atoms with E-state index in [0.717, 1.165) is 5.69 Å². The summed E-state index contributed by atoms with van der Waals surface area (Å²) in [5.41, 5.74) is 17.1. The number of hydrogen-bond donors (Lipinski definition) is 0. The van der Waals surface area contributed by atoms with Gasteiger partial charge in [-0.15, -0.1) is 0 Å². The van der Waals surface area contributed by atoms with E-state index in [-0.39, 0.29) is 0 Å². The molecule has 2 aromatic heterocycles. The molecule has 2 aliphatic heterocycles. The number of para-hydroxylation sites is 4. The summed E-state index contributed by atoms with van der Waals surface area (Å²) in [7, 11) is 0. The predicted molar refractivity (Wildman–Crippen MR) is 242 cm³/mol. The van der Waals surface area contributed by atoms with E-state index in [1.807, 2.05) is 11.8 Å². The highest BCUT2D eigenvalue weighted by Gasteiger charge is 2.49. The van der Waals surface area contributed by atoms with Crippen LogP contribution in [-0.4, -0.2) is 9.13 Å². The molecule has 0 radical (unpaired) electrons. The molecular formula is C55H34N2S. The molecule has 0 fully saturated rings. The molecule has 1 atom stereocenters. The van der Waals surface area contributed by atoms with Crippen LogP contribution in [0.5, 0.6) is 0 Å². The van der Waals surface area contributed by atoms with Crippen molar-refractivity contribution in [3.8, 4) is 33.6 Å². The SMILES string of the molecule is c1ccc(-c2ccc(-c3ccc(-n4c5ccccc5c5cc6c(cc54)Sc4ccccc4C64c5ccccc5-n5c6ccccc6c6cccc4c65)cc3)cc2)cc1. The molecule has 0 bridgehead atoms. The van der Waals surface area contributed by atoms with Crippen LogP contribution < -0.4 is 0 Å². The van der Waals surface area contributed by atoms with Crippen molar-refractivity contribution in [2.24, 2.45) is 0 Å². The molecule has 270 valence electrons. The Balaban J connectivity index is 1.05. The Bertz CT molecular complexity index is 3460. The van der Waals surface area contributed by atoms with Crippen LogP contribution in [0.4, 0.5) is 0 Å². The van der Waals surface area contributed by atoms with Gasteiger partial charge in [0.05, 0.1) is 33.2 Å². The quantitative estimate of drug-likeness (QED) is 0.175. The van der Waals surface area contributed by atoms with E-state index in [1.54, 1.807) is 0 Å². The Labute approximate surface area is 340 Å². The van der Waals surface area contributed by atoms with Crippen molar-refractivity contribution in [2.75, 3.05) is 0 Å². The van der Waals surface area contributed by atoms with Gasteiger partial charge in [0.15, 0.2) is 0 Å². The number of nitrogens with zero attached hydrogens (tertiary/aromatic N) is 2. The van der Waals surface area contributed by atoms with Crippen LogP contribution in [-0.2, 0) is 5.41 Å². The van der Waals surface area contributed by atoms with E-state index in [0.29, 0.717) is 0 Å². The van der Waals surface area contributed by atoms with Crippen molar-refractivity contribution in [3.63, 3.8) is 0 Å². The minimum absolute atomic E-state index is 0.521. The maximum absolute atomic E-state index is 2.54. The lowest BCUT2D eigenvalue weighted by Crippen LogP contribution is -2.37. The Kier molecular flexibility index (Phi) is 6.62. The van der Waals surface area contributed by atoms with Gasteiger partial charge in [0.1, 0.15) is 0 Å². The van der Waals surface area contributed by atoms with Crippen LogP contribution in [0.2, 0.25) is 0 Å². The first kappa shape index (κ1) is 32.1. The number of rotatable bonds is 3. The zero-order valence-electron chi connectivity index (χ0n) is 31.4. The molecule has 0 saturated heterocycles. The minimum Gasteiger partial charge on any atom is -0.309 e. The summed E-state index contributed by atoms with van der Waals surface area (Å²) in [6.45, 7) is 0. The normalized spacial score (nSPS) is 15.2. The van der Waals surface area contributed by atoms with Crippen LogP contribution in [0.25, 0.3) is 77.2 Å². The molecule has 3 heteroatoms. The van der Waals surface area contributed by atoms with Gasteiger partial charge in [0.2, 0.25) is 0 Å². The third-order valence-corrected chi connectivity index (χ3v) is 13.9. The number of fused-ring (bicyclic) bond motifs is 14. The maximum atomic E-state index is 2.54. The first-order chi connectivity index (χ1) is 28.8. The van der Waals surface area contributed by atoms with E-state index >= 15 is 0 Å². The van der Waals surface area contributed by atoms with Crippen LogP contribution >= 0.6 is 11.8 Å². The van der Waals surface area contributed by atoms with Gasteiger partial charge in [-0.2, -0.15) is 0 Å². The Hall–Kier alpha value is -7.07. The van der Waals surface area contributed by atoms with Gasteiger partial charge in [0.25, 0.3) is 0 Å². The van der Waals surface area contributed by atoms with Crippen molar-refractivity contribution < 1.29 is 0 Å².